The van der Waals surface area contributed by atoms with Gasteiger partial charge < -0.3 is 9.64 Å². The van der Waals surface area contributed by atoms with Crippen molar-refractivity contribution in [3.8, 4) is 6.07 Å². The number of nitrogens with zero attached hydrogens (tertiary/aromatic N) is 2. The van der Waals surface area contributed by atoms with Crippen LogP contribution in [0.5, 0.6) is 0 Å². The van der Waals surface area contributed by atoms with Gasteiger partial charge in [0.15, 0.2) is 6.61 Å². The first kappa shape index (κ1) is 19.2. The molecular weight excluding hydrogens is 380 g/mol. The summed E-state index contributed by atoms with van der Waals surface area (Å²) < 4.78 is 5.08. The topological polar surface area (TPSA) is 70.4 Å². The molecule has 1 aromatic carbocycles. The summed E-state index contributed by atoms with van der Waals surface area (Å²) in [6.07, 6.45) is 1.74. The number of carbonyl (C=O) groups is 2. The Balaban J connectivity index is 1.55. The number of benzene rings is 1. The van der Waals surface area contributed by atoms with Crippen LogP contribution in [0, 0.1) is 11.3 Å². The normalized spacial score (nSPS) is 14.4. The van der Waals surface area contributed by atoms with Gasteiger partial charge in [0.05, 0.1) is 5.69 Å². The van der Waals surface area contributed by atoms with Gasteiger partial charge in [0, 0.05) is 23.2 Å². The number of ether oxygens (including phenoxy) is 1. The van der Waals surface area contributed by atoms with Gasteiger partial charge >= 0.3 is 5.97 Å². The predicted molar refractivity (Wildman–Crippen MR) is 107 cm³/mol. The highest BCUT2D eigenvalue weighted by Crippen LogP contribution is 2.46. The molecule has 0 atom stereocenters. The van der Waals surface area contributed by atoms with E-state index in [0.29, 0.717) is 11.4 Å². The summed E-state index contributed by atoms with van der Waals surface area (Å²) in [5.41, 5.74) is 0.966. The average molecular weight is 399 g/mol. The summed E-state index contributed by atoms with van der Waals surface area (Å²) in [6, 6.07) is 13.7. The van der Waals surface area contributed by atoms with E-state index in [1.165, 1.54) is 16.6 Å². The van der Waals surface area contributed by atoms with Gasteiger partial charge in [0.2, 0.25) is 5.78 Å². The first-order valence-electron chi connectivity index (χ1n) is 8.46. The second-order valence-corrected chi connectivity index (χ2v) is 8.00. The molecule has 2 heterocycles. The van der Waals surface area contributed by atoms with E-state index in [2.05, 4.69) is 0 Å². The summed E-state index contributed by atoms with van der Waals surface area (Å²) in [5, 5.41) is 12.0. The van der Waals surface area contributed by atoms with E-state index in [-0.39, 0.29) is 12.0 Å². The average Bonchev–Trinajstić information content (AvgIpc) is 3.30. The lowest BCUT2D eigenvalue weighted by molar-refractivity contribution is -0.147. The van der Waals surface area contributed by atoms with Crippen LogP contribution in [-0.4, -0.2) is 25.4 Å². The number of rotatable bonds is 7. The number of fused-ring (bicyclic) bond motifs is 1. The molecule has 0 amide bonds. The van der Waals surface area contributed by atoms with Gasteiger partial charge in [-0.15, -0.1) is 11.3 Å². The molecule has 5 nitrogen and oxygen atoms in total. The van der Waals surface area contributed by atoms with Gasteiger partial charge in [-0.05, 0) is 36.4 Å². The quantitative estimate of drug-likeness (QED) is 0.396. The third-order valence-corrected chi connectivity index (χ3v) is 6.26. The molecule has 0 spiro atoms. The Morgan fingerprint density at radius 3 is 2.74 bits per heavy atom. The molecule has 0 radical (unpaired) electrons. The molecule has 138 valence electrons. The monoisotopic (exact) mass is 398 g/mol. The molecule has 7 heteroatoms. The molecular formula is C20H18N2O3S2. The molecule has 0 fully saturated rings. The Morgan fingerprint density at radius 2 is 2.04 bits per heavy atom. The van der Waals surface area contributed by atoms with Crippen molar-refractivity contribution in [2.24, 2.45) is 0 Å². The maximum Gasteiger partial charge on any atom is 0.306 e. The van der Waals surface area contributed by atoms with Crippen molar-refractivity contribution in [3.63, 3.8) is 0 Å². The summed E-state index contributed by atoms with van der Waals surface area (Å²) in [5.74, 6) is -0.899. The number of Topliss-reactive ketones (excluding diaryl/α,β-unsaturated/α-hetero) is 1. The van der Waals surface area contributed by atoms with E-state index in [1.807, 2.05) is 59.8 Å². The van der Waals surface area contributed by atoms with Crippen LogP contribution in [0.3, 0.4) is 0 Å². The lowest BCUT2D eigenvalue weighted by Crippen LogP contribution is -2.20. The number of aryl methyl sites for hydroxylation is 1. The molecule has 0 N–H and O–H groups in total. The number of thioether (sulfide) groups is 1. The molecule has 27 heavy (non-hydrogen) atoms. The third-order valence-electron chi connectivity index (χ3n) is 4.09. The fourth-order valence-electron chi connectivity index (χ4n) is 2.70. The second-order valence-electron chi connectivity index (χ2n) is 5.94. The highest BCUT2D eigenvalue weighted by molar-refractivity contribution is 8.03. The van der Waals surface area contributed by atoms with Gasteiger partial charge in [-0.3, -0.25) is 9.59 Å². The van der Waals surface area contributed by atoms with Crippen LogP contribution < -0.4 is 4.90 Å². The molecule has 2 aromatic rings. The van der Waals surface area contributed by atoms with Crippen LogP contribution in [0.1, 0.15) is 17.7 Å². The van der Waals surface area contributed by atoms with Gasteiger partial charge in [0.25, 0.3) is 0 Å². The Labute approximate surface area is 166 Å². The van der Waals surface area contributed by atoms with Crippen LogP contribution in [0.4, 0.5) is 5.69 Å². The van der Waals surface area contributed by atoms with Gasteiger partial charge in [-0.25, -0.2) is 0 Å². The number of hydrogen-bond acceptors (Lipinski definition) is 7. The summed E-state index contributed by atoms with van der Waals surface area (Å²) in [6.45, 7) is -0.408. The van der Waals surface area contributed by atoms with Crippen LogP contribution in [0.2, 0.25) is 0 Å². The van der Waals surface area contributed by atoms with Crippen LogP contribution >= 0.6 is 23.1 Å². The van der Waals surface area contributed by atoms with Gasteiger partial charge in [-0.1, -0.05) is 30.0 Å². The Morgan fingerprint density at radius 1 is 1.22 bits per heavy atom. The van der Waals surface area contributed by atoms with Crippen LogP contribution in [0.25, 0.3) is 0 Å². The molecule has 1 aromatic heterocycles. The number of thiophene rings is 1. The molecule has 3 rings (SSSR count). The van der Waals surface area contributed by atoms with Crippen molar-refractivity contribution in [1.29, 1.82) is 5.26 Å². The van der Waals surface area contributed by atoms with E-state index in [9.17, 15) is 14.9 Å². The van der Waals surface area contributed by atoms with Crippen molar-refractivity contribution >= 4 is 40.5 Å². The minimum atomic E-state index is -0.480. The van der Waals surface area contributed by atoms with E-state index >= 15 is 0 Å². The SMILES string of the molecule is CN1/C(=C(\C#N)C(=O)COC(=O)CCCc2cccs2)Sc2ccccc21. The third kappa shape index (κ3) is 4.59. The Bertz CT molecular complexity index is 914. The first-order chi connectivity index (χ1) is 13.1. The molecule has 0 saturated heterocycles. The van der Waals surface area contributed by atoms with Crippen molar-refractivity contribution in [2.75, 3.05) is 18.6 Å². The van der Waals surface area contributed by atoms with Gasteiger partial charge in [0.1, 0.15) is 16.7 Å². The zero-order chi connectivity index (χ0) is 19.2. The maximum absolute atomic E-state index is 12.4. The highest BCUT2D eigenvalue weighted by atomic mass is 32.2. The predicted octanol–water partition coefficient (Wildman–Crippen LogP) is 4.16. The van der Waals surface area contributed by atoms with Crippen LogP contribution in [0.15, 0.2) is 57.3 Å². The summed E-state index contributed by atoms with van der Waals surface area (Å²) in [7, 11) is 1.81. The molecule has 1 aliphatic rings. The smallest absolute Gasteiger partial charge is 0.306 e. The number of nitriles is 1. The van der Waals surface area contributed by atoms with Crippen molar-refractivity contribution in [1.82, 2.24) is 0 Å². The number of carbonyl (C=O) groups excluding carboxylic acids is 2. The summed E-state index contributed by atoms with van der Waals surface area (Å²) in [4.78, 5) is 28.3. The number of ketones is 1. The standard InChI is InChI=1S/C20H18N2O3S2/c1-22-16-8-2-3-9-18(16)27-20(22)15(12-21)17(23)13-25-19(24)10-4-6-14-7-5-11-26-14/h2-3,5,7-9,11H,4,6,10,13H2,1H3/b20-15-. The van der Waals surface area contributed by atoms with Crippen molar-refractivity contribution in [2.45, 2.75) is 24.2 Å². The lowest BCUT2D eigenvalue weighted by Gasteiger charge is -2.14. The Hall–Kier alpha value is -2.56. The minimum absolute atomic E-state index is 0.0186. The summed E-state index contributed by atoms with van der Waals surface area (Å²) >= 11 is 3.03. The minimum Gasteiger partial charge on any atom is -0.457 e. The van der Waals surface area contributed by atoms with Crippen LogP contribution in [-0.2, 0) is 20.7 Å². The number of esters is 1. The van der Waals surface area contributed by atoms with Crippen molar-refractivity contribution in [3.05, 3.63) is 57.3 Å². The zero-order valence-corrected chi connectivity index (χ0v) is 16.4. The molecule has 0 unspecified atom stereocenters. The number of anilines is 1. The molecule has 1 aliphatic heterocycles. The molecule has 0 saturated carbocycles. The fourth-order valence-corrected chi connectivity index (χ4v) is 4.62. The lowest BCUT2D eigenvalue weighted by atomic mass is 10.2. The first-order valence-corrected chi connectivity index (χ1v) is 10.2. The van der Waals surface area contributed by atoms with E-state index in [0.717, 1.165) is 17.0 Å². The fraction of sp³-hybridized carbons (Fsp3) is 0.250. The molecule has 0 aliphatic carbocycles. The zero-order valence-electron chi connectivity index (χ0n) is 14.8. The van der Waals surface area contributed by atoms with E-state index in [1.54, 1.807) is 11.3 Å². The molecule has 0 bridgehead atoms. The van der Waals surface area contributed by atoms with Gasteiger partial charge in [-0.2, -0.15) is 5.26 Å². The Kier molecular flexibility index (Phi) is 6.32. The maximum atomic E-state index is 12.4. The van der Waals surface area contributed by atoms with E-state index < -0.39 is 18.4 Å². The number of hydrogen-bond donors (Lipinski definition) is 0. The highest BCUT2D eigenvalue weighted by Gasteiger charge is 2.28. The largest absolute Gasteiger partial charge is 0.457 e. The number of para-hydroxylation sites is 1. The second kappa shape index (κ2) is 8.89. The van der Waals surface area contributed by atoms with E-state index in [4.69, 9.17) is 4.74 Å². The van der Waals surface area contributed by atoms with Crippen molar-refractivity contribution < 1.29 is 14.3 Å².